The average molecular weight is 402 g/mol. The van der Waals surface area contributed by atoms with Crippen LogP contribution in [0.4, 0.5) is 0 Å². The van der Waals surface area contributed by atoms with Crippen LogP contribution in [-0.4, -0.2) is 27.9 Å². The van der Waals surface area contributed by atoms with Gasteiger partial charge in [0.05, 0.1) is 35.7 Å². The van der Waals surface area contributed by atoms with Gasteiger partial charge < -0.3 is 20.4 Å². The van der Waals surface area contributed by atoms with Crippen molar-refractivity contribution in [3.8, 4) is 11.8 Å². The topological polar surface area (TPSA) is 154 Å². The molecular formula is C21H22N8O. The summed E-state index contributed by atoms with van der Waals surface area (Å²) in [5.41, 5.74) is 13.5. The quantitative estimate of drug-likeness (QED) is 0.144. The lowest BCUT2D eigenvalue weighted by atomic mass is 9.89. The van der Waals surface area contributed by atoms with Crippen LogP contribution < -0.4 is 21.8 Å². The molecule has 1 unspecified atom stereocenters. The molecule has 0 aliphatic carbocycles. The van der Waals surface area contributed by atoms with E-state index in [0.717, 1.165) is 33.3 Å². The maximum Gasteiger partial charge on any atom is 0.123 e. The number of nitrogens with one attached hydrogen (secondary N) is 3. The number of rotatable bonds is 6. The maximum atomic E-state index is 9.20. The SMILES string of the molecule is COc1cc(C)c2[nH]ccc2c1C(C/C(N)=N/NN)c1nc2cc(C#N)ccc2[nH]1. The molecule has 0 aliphatic heterocycles. The number of methoxy groups -OCH3 is 1. The summed E-state index contributed by atoms with van der Waals surface area (Å²) in [6.07, 6.45) is 2.25. The molecule has 0 saturated carbocycles. The Morgan fingerprint density at radius 2 is 2.20 bits per heavy atom. The van der Waals surface area contributed by atoms with Crippen molar-refractivity contribution in [3.63, 3.8) is 0 Å². The first-order valence-corrected chi connectivity index (χ1v) is 9.37. The molecule has 7 N–H and O–H groups in total. The molecule has 4 aromatic rings. The van der Waals surface area contributed by atoms with Crippen molar-refractivity contribution in [2.24, 2.45) is 16.7 Å². The van der Waals surface area contributed by atoms with Crippen LogP contribution >= 0.6 is 0 Å². The van der Waals surface area contributed by atoms with Crippen molar-refractivity contribution in [1.82, 2.24) is 20.5 Å². The molecule has 0 radical (unpaired) electrons. The fourth-order valence-corrected chi connectivity index (χ4v) is 3.86. The van der Waals surface area contributed by atoms with Gasteiger partial charge >= 0.3 is 0 Å². The van der Waals surface area contributed by atoms with Crippen molar-refractivity contribution in [2.75, 3.05) is 7.11 Å². The van der Waals surface area contributed by atoms with Crippen molar-refractivity contribution in [1.29, 1.82) is 5.26 Å². The van der Waals surface area contributed by atoms with Crippen molar-refractivity contribution < 1.29 is 4.74 Å². The molecular weight excluding hydrogens is 380 g/mol. The smallest absolute Gasteiger partial charge is 0.123 e. The second-order valence-corrected chi connectivity index (χ2v) is 7.03. The standard InChI is InChI=1S/C21H22N8O/c1-11-7-17(30-2)19(13-5-6-25-20(11)13)14(9-18(23)28-29-24)21-26-15-4-3-12(10-22)8-16(15)27-21/h3-8,14,25,29H,9,24H2,1-2H3,(H2,23,28)(H,26,27). The molecule has 152 valence electrons. The highest BCUT2D eigenvalue weighted by atomic mass is 16.5. The lowest BCUT2D eigenvalue weighted by molar-refractivity contribution is 0.408. The van der Waals surface area contributed by atoms with Gasteiger partial charge in [0.1, 0.15) is 17.4 Å². The number of nitriles is 1. The second kappa shape index (κ2) is 7.77. The molecule has 9 heteroatoms. The molecule has 2 aromatic heterocycles. The highest BCUT2D eigenvalue weighted by Crippen LogP contribution is 2.40. The summed E-state index contributed by atoms with van der Waals surface area (Å²) >= 11 is 0. The second-order valence-electron chi connectivity index (χ2n) is 7.03. The zero-order valence-corrected chi connectivity index (χ0v) is 16.7. The van der Waals surface area contributed by atoms with E-state index in [1.807, 2.05) is 31.3 Å². The van der Waals surface area contributed by atoms with Crippen LogP contribution in [0.2, 0.25) is 0 Å². The largest absolute Gasteiger partial charge is 0.496 e. The Morgan fingerprint density at radius 1 is 1.37 bits per heavy atom. The summed E-state index contributed by atoms with van der Waals surface area (Å²) in [4.78, 5) is 11.4. The maximum absolute atomic E-state index is 9.20. The number of imidazole rings is 1. The molecule has 0 aliphatic rings. The fraction of sp³-hybridized carbons (Fsp3) is 0.190. The van der Waals surface area contributed by atoms with Gasteiger partial charge in [-0.2, -0.15) is 10.4 Å². The zero-order valence-electron chi connectivity index (χ0n) is 16.7. The number of benzene rings is 2. The lowest BCUT2D eigenvalue weighted by Crippen LogP contribution is -2.24. The Kier molecular flexibility index (Phi) is 5.00. The number of hydrogen-bond donors (Lipinski definition) is 5. The number of nitrogens with two attached hydrogens (primary N) is 2. The molecule has 30 heavy (non-hydrogen) atoms. The predicted octanol–water partition coefficient (Wildman–Crippen LogP) is 2.49. The number of hydrogen-bond acceptors (Lipinski definition) is 6. The van der Waals surface area contributed by atoms with Gasteiger partial charge in [-0.05, 0) is 42.8 Å². The molecule has 0 bridgehead atoms. The summed E-state index contributed by atoms with van der Waals surface area (Å²) in [5, 5.41) is 14.1. The third kappa shape index (κ3) is 3.29. The van der Waals surface area contributed by atoms with Gasteiger partial charge in [-0.25, -0.2) is 16.4 Å². The molecule has 0 spiro atoms. The molecule has 9 nitrogen and oxygen atoms in total. The van der Waals surface area contributed by atoms with E-state index >= 15 is 0 Å². The zero-order chi connectivity index (χ0) is 21.3. The third-order valence-corrected chi connectivity index (χ3v) is 5.19. The van der Waals surface area contributed by atoms with E-state index < -0.39 is 0 Å². The average Bonchev–Trinajstić information content (AvgIpc) is 3.39. The van der Waals surface area contributed by atoms with Gasteiger partial charge in [0.2, 0.25) is 0 Å². The van der Waals surface area contributed by atoms with Gasteiger partial charge in [0, 0.05) is 29.1 Å². The number of amidine groups is 1. The number of ether oxygens (including phenoxy) is 1. The lowest BCUT2D eigenvalue weighted by Gasteiger charge is -2.20. The van der Waals surface area contributed by atoms with Gasteiger partial charge in [0.15, 0.2) is 0 Å². The summed E-state index contributed by atoms with van der Waals surface area (Å²) in [7, 11) is 1.64. The van der Waals surface area contributed by atoms with Crippen LogP contribution in [0.3, 0.4) is 0 Å². The summed E-state index contributed by atoms with van der Waals surface area (Å²) in [6.45, 7) is 2.03. The molecule has 2 heterocycles. The first kappa shape index (κ1) is 19.3. The van der Waals surface area contributed by atoms with Gasteiger partial charge in [-0.1, -0.05) is 0 Å². The van der Waals surface area contributed by atoms with Gasteiger partial charge in [0.25, 0.3) is 0 Å². The predicted molar refractivity (Wildman–Crippen MR) is 116 cm³/mol. The fourth-order valence-electron chi connectivity index (χ4n) is 3.86. The molecule has 1 atom stereocenters. The molecule has 0 amide bonds. The highest BCUT2D eigenvalue weighted by molar-refractivity contribution is 5.91. The Hall–Kier alpha value is -4.03. The number of fused-ring (bicyclic) bond motifs is 2. The van der Waals surface area contributed by atoms with E-state index in [0.29, 0.717) is 29.2 Å². The number of aromatic amines is 2. The Bertz CT molecular complexity index is 1290. The van der Waals surface area contributed by atoms with Crippen molar-refractivity contribution >= 4 is 27.8 Å². The molecule has 4 rings (SSSR count). The van der Waals surface area contributed by atoms with E-state index in [9.17, 15) is 5.26 Å². The van der Waals surface area contributed by atoms with Crippen molar-refractivity contribution in [2.45, 2.75) is 19.3 Å². The number of hydrazone groups is 1. The minimum Gasteiger partial charge on any atom is -0.496 e. The van der Waals surface area contributed by atoms with Crippen LogP contribution in [0.15, 0.2) is 41.6 Å². The summed E-state index contributed by atoms with van der Waals surface area (Å²) in [6, 6.07) is 11.5. The van der Waals surface area contributed by atoms with Crippen LogP contribution in [0, 0.1) is 18.3 Å². The Morgan fingerprint density at radius 3 is 2.93 bits per heavy atom. The van der Waals surface area contributed by atoms with Gasteiger partial charge in [-0.3, -0.25) is 0 Å². The normalized spacial score (nSPS) is 12.8. The number of hydrazine groups is 1. The number of aromatic nitrogens is 3. The Balaban J connectivity index is 1.95. The van der Waals surface area contributed by atoms with Crippen molar-refractivity contribution in [3.05, 3.63) is 59.0 Å². The number of H-pyrrole nitrogens is 2. The van der Waals surface area contributed by atoms with E-state index in [2.05, 4.69) is 26.7 Å². The van der Waals surface area contributed by atoms with E-state index in [1.54, 1.807) is 19.2 Å². The number of nitrogens with zero attached hydrogens (tertiary/aromatic N) is 3. The highest BCUT2D eigenvalue weighted by Gasteiger charge is 2.26. The van der Waals surface area contributed by atoms with Gasteiger partial charge in [-0.15, -0.1) is 0 Å². The molecule has 2 aromatic carbocycles. The summed E-state index contributed by atoms with van der Waals surface area (Å²) in [5.74, 6) is 6.79. The van der Waals surface area contributed by atoms with Crippen LogP contribution in [-0.2, 0) is 0 Å². The number of aryl methyl sites for hydroxylation is 1. The van der Waals surface area contributed by atoms with E-state index in [-0.39, 0.29) is 5.92 Å². The molecule has 0 fully saturated rings. The minimum atomic E-state index is -0.283. The Labute approximate surface area is 172 Å². The van der Waals surface area contributed by atoms with E-state index in [4.69, 9.17) is 21.3 Å². The first-order valence-electron chi connectivity index (χ1n) is 9.37. The van der Waals surface area contributed by atoms with Crippen LogP contribution in [0.25, 0.3) is 21.9 Å². The molecule has 0 saturated heterocycles. The third-order valence-electron chi connectivity index (χ3n) is 5.19. The minimum absolute atomic E-state index is 0.283. The van der Waals surface area contributed by atoms with Crippen LogP contribution in [0.5, 0.6) is 5.75 Å². The van der Waals surface area contributed by atoms with Crippen LogP contribution in [0.1, 0.15) is 34.9 Å². The monoisotopic (exact) mass is 402 g/mol. The summed E-state index contributed by atoms with van der Waals surface area (Å²) < 4.78 is 5.74. The first-order chi connectivity index (χ1) is 14.5. The van der Waals surface area contributed by atoms with E-state index in [1.165, 1.54) is 0 Å².